The van der Waals surface area contributed by atoms with Gasteiger partial charge < -0.3 is 9.84 Å². The Balaban J connectivity index is 2.29. The Kier molecular flexibility index (Phi) is 3.57. The number of carboxylic acids is 1. The first-order valence-electron chi connectivity index (χ1n) is 6.06. The highest BCUT2D eigenvalue weighted by molar-refractivity contribution is 8.01. The molecule has 1 aromatic rings. The van der Waals surface area contributed by atoms with E-state index < -0.39 is 10.7 Å². The van der Waals surface area contributed by atoms with Gasteiger partial charge in [0.2, 0.25) is 0 Å². The molecular formula is C14H18O3S. The number of hydrogen-bond acceptors (Lipinski definition) is 3. The van der Waals surface area contributed by atoms with Gasteiger partial charge in [0.15, 0.2) is 0 Å². The predicted octanol–water partition coefficient (Wildman–Crippen LogP) is 3.41. The van der Waals surface area contributed by atoms with E-state index in [2.05, 4.69) is 0 Å². The number of methoxy groups -OCH3 is 1. The summed E-state index contributed by atoms with van der Waals surface area (Å²) in [5, 5.41) is 9.36. The Morgan fingerprint density at radius 3 is 2.44 bits per heavy atom. The van der Waals surface area contributed by atoms with Crippen LogP contribution in [-0.2, 0) is 4.79 Å². The van der Waals surface area contributed by atoms with Crippen LogP contribution in [0.4, 0.5) is 0 Å². The fourth-order valence-electron chi connectivity index (χ4n) is 2.16. The zero-order valence-electron chi connectivity index (χ0n) is 10.9. The topological polar surface area (TPSA) is 46.5 Å². The fraction of sp³-hybridized carbons (Fsp3) is 0.500. The second kappa shape index (κ2) is 4.84. The summed E-state index contributed by atoms with van der Waals surface area (Å²) in [6, 6.07) is 4.01. The van der Waals surface area contributed by atoms with Crippen LogP contribution in [0.3, 0.4) is 0 Å². The van der Waals surface area contributed by atoms with E-state index in [1.807, 2.05) is 26.0 Å². The summed E-state index contributed by atoms with van der Waals surface area (Å²) in [5.74, 6) is 0.168. The number of rotatable bonds is 4. The maximum atomic E-state index is 11.4. The molecule has 0 spiro atoms. The van der Waals surface area contributed by atoms with Crippen LogP contribution in [0, 0.1) is 13.8 Å². The largest absolute Gasteiger partial charge is 0.496 e. The van der Waals surface area contributed by atoms with Gasteiger partial charge in [-0.1, -0.05) is 0 Å². The molecule has 18 heavy (non-hydrogen) atoms. The second-order valence-electron chi connectivity index (χ2n) is 4.84. The smallest absolute Gasteiger partial charge is 0.320 e. The molecule has 0 aliphatic heterocycles. The number of aryl methyl sites for hydroxylation is 2. The zero-order valence-corrected chi connectivity index (χ0v) is 11.8. The third-order valence-corrected chi connectivity index (χ3v) is 5.18. The van der Waals surface area contributed by atoms with Crippen molar-refractivity contribution in [3.63, 3.8) is 0 Å². The SMILES string of the molecule is COc1cc(C)c(SC2(C(=O)O)CCC2)cc1C. The van der Waals surface area contributed by atoms with Gasteiger partial charge in [0.05, 0.1) is 7.11 Å². The lowest BCUT2D eigenvalue weighted by Gasteiger charge is -2.37. The maximum Gasteiger partial charge on any atom is 0.320 e. The van der Waals surface area contributed by atoms with Crippen LogP contribution in [0.2, 0.25) is 0 Å². The predicted molar refractivity (Wildman–Crippen MR) is 72.5 cm³/mol. The molecule has 1 aliphatic rings. The molecule has 1 N–H and O–H groups in total. The highest BCUT2D eigenvalue weighted by Gasteiger charge is 2.45. The number of ether oxygens (including phenoxy) is 1. The van der Waals surface area contributed by atoms with Crippen LogP contribution in [0.15, 0.2) is 17.0 Å². The third kappa shape index (κ3) is 2.21. The summed E-state index contributed by atoms with van der Waals surface area (Å²) in [6.45, 7) is 3.98. The monoisotopic (exact) mass is 266 g/mol. The molecule has 1 fully saturated rings. The third-order valence-electron chi connectivity index (χ3n) is 3.55. The molecule has 0 aromatic heterocycles. The summed E-state index contributed by atoms with van der Waals surface area (Å²) in [4.78, 5) is 12.4. The van der Waals surface area contributed by atoms with Crippen LogP contribution in [0.5, 0.6) is 5.75 Å². The summed E-state index contributed by atoms with van der Waals surface area (Å²) < 4.78 is 4.67. The minimum atomic E-state index is -0.688. The lowest BCUT2D eigenvalue weighted by Crippen LogP contribution is -2.41. The Morgan fingerprint density at radius 2 is 2.00 bits per heavy atom. The Bertz CT molecular complexity index is 478. The van der Waals surface area contributed by atoms with Gasteiger partial charge >= 0.3 is 5.97 Å². The molecule has 0 unspecified atom stereocenters. The first-order chi connectivity index (χ1) is 8.48. The van der Waals surface area contributed by atoms with Gasteiger partial charge in [0.25, 0.3) is 0 Å². The van der Waals surface area contributed by atoms with E-state index in [1.54, 1.807) is 7.11 Å². The highest BCUT2D eigenvalue weighted by Crippen LogP contribution is 2.49. The van der Waals surface area contributed by atoms with Crippen molar-refractivity contribution in [1.82, 2.24) is 0 Å². The Labute approximate surface area is 112 Å². The summed E-state index contributed by atoms with van der Waals surface area (Å²) in [5.41, 5.74) is 2.13. The van der Waals surface area contributed by atoms with Crippen molar-refractivity contribution in [2.75, 3.05) is 7.11 Å². The highest BCUT2D eigenvalue weighted by atomic mass is 32.2. The summed E-state index contributed by atoms with van der Waals surface area (Å²) in [7, 11) is 1.65. The zero-order chi connectivity index (χ0) is 13.3. The van der Waals surface area contributed by atoms with E-state index in [1.165, 1.54) is 11.8 Å². The van der Waals surface area contributed by atoms with Crippen LogP contribution in [0.25, 0.3) is 0 Å². The molecule has 0 saturated heterocycles. The molecule has 0 atom stereocenters. The van der Waals surface area contributed by atoms with Crippen molar-refractivity contribution < 1.29 is 14.6 Å². The van der Waals surface area contributed by atoms with Crippen LogP contribution >= 0.6 is 11.8 Å². The quantitative estimate of drug-likeness (QED) is 0.907. The van der Waals surface area contributed by atoms with Gasteiger partial charge in [0, 0.05) is 4.90 Å². The van der Waals surface area contributed by atoms with Crippen molar-refractivity contribution in [1.29, 1.82) is 0 Å². The lowest BCUT2D eigenvalue weighted by molar-refractivity contribution is -0.142. The van der Waals surface area contributed by atoms with E-state index in [4.69, 9.17) is 4.74 Å². The number of carboxylic acid groups (broad SMARTS) is 1. The van der Waals surface area contributed by atoms with E-state index in [-0.39, 0.29) is 0 Å². The Hall–Kier alpha value is -1.16. The lowest BCUT2D eigenvalue weighted by atomic mass is 9.84. The maximum absolute atomic E-state index is 11.4. The van der Waals surface area contributed by atoms with Crippen LogP contribution in [-0.4, -0.2) is 22.9 Å². The normalized spacial score (nSPS) is 17.1. The number of thioether (sulfide) groups is 1. The molecule has 4 heteroatoms. The van der Waals surface area contributed by atoms with Gasteiger partial charge in [-0.2, -0.15) is 0 Å². The molecule has 1 aromatic carbocycles. The van der Waals surface area contributed by atoms with Gasteiger partial charge in [-0.25, -0.2) is 0 Å². The van der Waals surface area contributed by atoms with E-state index >= 15 is 0 Å². The average Bonchev–Trinajstić information content (AvgIpc) is 2.26. The van der Waals surface area contributed by atoms with Crippen molar-refractivity contribution in [3.8, 4) is 5.75 Å². The van der Waals surface area contributed by atoms with Crippen LogP contribution < -0.4 is 4.74 Å². The molecule has 1 saturated carbocycles. The number of benzene rings is 1. The van der Waals surface area contributed by atoms with Crippen molar-refractivity contribution >= 4 is 17.7 Å². The van der Waals surface area contributed by atoms with Gasteiger partial charge in [-0.15, -0.1) is 11.8 Å². The molecule has 98 valence electrons. The summed E-state index contributed by atoms with van der Waals surface area (Å²) >= 11 is 1.49. The van der Waals surface area contributed by atoms with Crippen molar-refractivity contribution in [2.45, 2.75) is 42.8 Å². The van der Waals surface area contributed by atoms with E-state index in [9.17, 15) is 9.90 Å². The molecule has 3 nitrogen and oxygen atoms in total. The molecule has 0 radical (unpaired) electrons. The number of aliphatic carboxylic acids is 1. The number of hydrogen-bond donors (Lipinski definition) is 1. The molecule has 0 amide bonds. The van der Waals surface area contributed by atoms with E-state index in [0.29, 0.717) is 0 Å². The molecular weight excluding hydrogens is 248 g/mol. The Morgan fingerprint density at radius 1 is 1.33 bits per heavy atom. The molecule has 0 bridgehead atoms. The first kappa shape index (κ1) is 13.3. The average molecular weight is 266 g/mol. The van der Waals surface area contributed by atoms with Crippen LogP contribution in [0.1, 0.15) is 30.4 Å². The van der Waals surface area contributed by atoms with E-state index in [0.717, 1.165) is 41.0 Å². The van der Waals surface area contributed by atoms with Crippen molar-refractivity contribution in [2.24, 2.45) is 0 Å². The molecule has 1 aliphatic carbocycles. The summed E-state index contributed by atoms with van der Waals surface area (Å²) in [6.07, 6.45) is 2.53. The fourth-order valence-corrected chi connectivity index (χ4v) is 3.62. The van der Waals surface area contributed by atoms with Crippen molar-refractivity contribution in [3.05, 3.63) is 23.3 Å². The second-order valence-corrected chi connectivity index (χ2v) is 6.27. The standard InChI is InChI=1S/C14H18O3S/c1-9-8-12(10(2)7-11(9)17-3)18-14(13(15)16)5-4-6-14/h7-8H,4-6H2,1-3H3,(H,15,16). The number of carbonyl (C=O) groups is 1. The van der Waals surface area contributed by atoms with Gasteiger partial charge in [-0.05, 0) is 56.4 Å². The molecule has 0 heterocycles. The first-order valence-corrected chi connectivity index (χ1v) is 6.88. The minimum Gasteiger partial charge on any atom is -0.496 e. The molecule has 2 rings (SSSR count). The van der Waals surface area contributed by atoms with Gasteiger partial charge in [-0.3, -0.25) is 4.79 Å². The van der Waals surface area contributed by atoms with Gasteiger partial charge in [0.1, 0.15) is 10.5 Å². The minimum absolute atomic E-state index is 0.605.